The van der Waals surface area contributed by atoms with Crippen LogP contribution in [0.2, 0.25) is 5.02 Å². The summed E-state index contributed by atoms with van der Waals surface area (Å²) < 4.78 is 11.8. The molecular weight excluding hydrogens is 1100 g/mol. The third kappa shape index (κ3) is 20.2. The summed E-state index contributed by atoms with van der Waals surface area (Å²) in [7, 11) is 1.37. The highest BCUT2D eigenvalue weighted by Gasteiger charge is 2.43. The number of carbonyl (C=O) groups is 4. The normalized spacial score (nSPS) is 12.9. The van der Waals surface area contributed by atoms with Gasteiger partial charge < -0.3 is 19.7 Å². The van der Waals surface area contributed by atoms with Gasteiger partial charge in [0.1, 0.15) is 17.4 Å². The number of ketones is 1. The van der Waals surface area contributed by atoms with Crippen LogP contribution in [0.4, 0.5) is 5.82 Å². The molecule has 1 aliphatic carbocycles. The summed E-state index contributed by atoms with van der Waals surface area (Å²) in [5, 5.41) is 3.66. The van der Waals surface area contributed by atoms with Crippen molar-refractivity contribution in [3.05, 3.63) is 213 Å². The van der Waals surface area contributed by atoms with E-state index in [1.165, 1.54) is 7.11 Å². The highest BCUT2D eigenvalue weighted by molar-refractivity contribution is 6.30. The van der Waals surface area contributed by atoms with Gasteiger partial charge in [0.15, 0.2) is 0 Å². The van der Waals surface area contributed by atoms with Crippen molar-refractivity contribution in [2.75, 3.05) is 25.6 Å². The number of anilines is 1. The van der Waals surface area contributed by atoms with E-state index in [4.69, 9.17) is 41.0 Å². The number of halogens is 1. The molecule has 3 aromatic carbocycles. The summed E-state index contributed by atoms with van der Waals surface area (Å²) in [6.45, 7) is 8.72. The Morgan fingerprint density at radius 3 is 1.78 bits per heavy atom. The highest BCUT2D eigenvalue weighted by atomic mass is 35.5. The minimum atomic E-state index is -0.675. The van der Waals surface area contributed by atoms with Crippen LogP contribution in [-0.2, 0) is 76.8 Å². The second-order valence-corrected chi connectivity index (χ2v) is 23.3. The number of hydrogen-bond acceptors (Lipinski definition) is 12. The Hall–Kier alpha value is -7.65. The van der Waals surface area contributed by atoms with Gasteiger partial charge >= 0.3 is 5.97 Å². The second kappa shape index (κ2) is 33.9. The first kappa shape index (κ1) is 64.4. The third-order valence-electron chi connectivity index (χ3n) is 15.9. The number of benzene rings is 3. The molecule has 86 heavy (non-hydrogen) atoms. The van der Waals surface area contributed by atoms with E-state index in [2.05, 4.69) is 47.2 Å². The van der Waals surface area contributed by atoms with Gasteiger partial charge in [0.25, 0.3) is 0 Å². The molecule has 14 nitrogen and oxygen atoms in total. The lowest BCUT2D eigenvalue weighted by Gasteiger charge is -2.40. The van der Waals surface area contributed by atoms with E-state index in [1.807, 2.05) is 126 Å². The number of hydrogen-bond donors (Lipinski definition) is 1. The second-order valence-electron chi connectivity index (χ2n) is 22.9. The molecule has 4 aromatic heterocycles. The lowest BCUT2D eigenvalue weighted by atomic mass is 9.68. The van der Waals surface area contributed by atoms with E-state index < -0.39 is 11.4 Å². The minimum Gasteiger partial charge on any atom is -0.494 e. The number of carbonyl (C=O) groups excluding carboxylic acids is 4. The van der Waals surface area contributed by atoms with Crippen molar-refractivity contribution in [3.63, 3.8) is 0 Å². The Morgan fingerprint density at radius 1 is 0.570 bits per heavy atom. The van der Waals surface area contributed by atoms with Crippen LogP contribution >= 0.6 is 11.6 Å². The van der Waals surface area contributed by atoms with Crippen LogP contribution in [0.3, 0.4) is 0 Å². The van der Waals surface area contributed by atoms with Gasteiger partial charge in [-0.15, -0.1) is 0 Å². The van der Waals surface area contributed by atoms with Crippen LogP contribution in [-0.4, -0.2) is 78.5 Å². The summed E-state index contributed by atoms with van der Waals surface area (Å²) in [6, 6.07) is 45.3. The lowest BCUT2D eigenvalue weighted by Crippen LogP contribution is -2.48. The van der Waals surface area contributed by atoms with Crippen molar-refractivity contribution < 1.29 is 28.7 Å². The van der Waals surface area contributed by atoms with Gasteiger partial charge in [-0.2, -0.15) is 0 Å². The molecular formula is C71H85ClN8O6. The van der Waals surface area contributed by atoms with Crippen LogP contribution in [0.25, 0.3) is 0 Å². The van der Waals surface area contributed by atoms with Crippen molar-refractivity contribution in [2.24, 2.45) is 0 Å². The van der Waals surface area contributed by atoms with Crippen molar-refractivity contribution in [3.8, 4) is 5.75 Å². The van der Waals surface area contributed by atoms with Crippen molar-refractivity contribution in [1.82, 2.24) is 34.6 Å². The summed E-state index contributed by atoms with van der Waals surface area (Å²) in [4.78, 5) is 79.6. The van der Waals surface area contributed by atoms with Gasteiger partial charge in [-0.25, -0.2) is 9.78 Å². The van der Waals surface area contributed by atoms with Crippen LogP contribution in [0, 0.1) is 0 Å². The number of Topliss-reactive ketones (excluding diaryl/α,β-unsaturated/α-hetero) is 1. The van der Waals surface area contributed by atoms with Crippen molar-refractivity contribution in [2.45, 2.75) is 168 Å². The molecule has 0 atom stereocenters. The zero-order valence-corrected chi connectivity index (χ0v) is 51.3. The van der Waals surface area contributed by atoms with E-state index in [0.29, 0.717) is 107 Å². The summed E-state index contributed by atoms with van der Waals surface area (Å²) in [5.74, 6) is 1.12. The average molecular weight is 1180 g/mol. The predicted octanol–water partition coefficient (Wildman–Crippen LogP) is 14.4. The van der Waals surface area contributed by atoms with E-state index >= 15 is 4.79 Å². The Bertz CT molecular complexity index is 3100. The Morgan fingerprint density at radius 2 is 1.16 bits per heavy atom. The Balaban J connectivity index is 1.06. The Labute approximate surface area is 514 Å². The van der Waals surface area contributed by atoms with E-state index in [0.717, 1.165) is 127 Å². The molecule has 7 aromatic rings. The van der Waals surface area contributed by atoms with Crippen LogP contribution < -0.4 is 10.1 Å². The molecule has 452 valence electrons. The van der Waals surface area contributed by atoms with Gasteiger partial charge in [0.2, 0.25) is 11.8 Å². The van der Waals surface area contributed by atoms with Gasteiger partial charge in [0, 0.05) is 94.7 Å². The standard InChI is InChI=1S/C71H85ClN8O6/c1-4-6-9-26-65(81)46-60-23-19-24-63(75-60)52-78(50-61-21-11-15-39-73-61)47-55-43-56(48-79(51-62-22-12-16-40-74-62)53-64-25-20-27-67(76-64)77-68(82)28-10-7-5-2)45-66(44-55)86-42-18-17-41-80(49-54-29-31-57(32-30-54)69(83)85-3)70(84)71(37-13-8-14-38-71)58-33-35-59(72)36-34-58/h11-12,15-16,19-25,27,29-36,39-40,43-45H,4-10,13-14,17-18,26,28,37-38,41-42,46-53H2,1-3H3,(H,76,77,82). The number of aromatic nitrogens is 4. The lowest BCUT2D eigenvalue weighted by molar-refractivity contribution is -0.139. The first-order chi connectivity index (χ1) is 42.0. The predicted molar refractivity (Wildman–Crippen MR) is 339 cm³/mol. The third-order valence-corrected chi connectivity index (χ3v) is 16.1. The summed E-state index contributed by atoms with van der Waals surface area (Å²) in [6.07, 6.45) is 16.7. The number of amides is 2. The first-order valence-corrected chi connectivity index (χ1v) is 31.3. The molecule has 0 bridgehead atoms. The number of esters is 1. The van der Waals surface area contributed by atoms with Gasteiger partial charge in [-0.3, -0.25) is 39.1 Å². The van der Waals surface area contributed by atoms with Crippen LogP contribution in [0.1, 0.15) is 171 Å². The number of methoxy groups -OCH3 is 1. The number of unbranched alkanes of at least 4 members (excludes halogenated alkanes) is 5. The van der Waals surface area contributed by atoms with Crippen molar-refractivity contribution >= 4 is 41.0 Å². The number of nitrogens with zero attached hydrogens (tertiary/aromatic N) is 7. The molecule has 0 aliphatic heterocycles. The number of nitrogens with one attached hydrogen (secondary N) is 1. The van der Waals surface area contributed by atoms with Gasteiger partial charge in [-0.1, -0.05) is 125 Å². The number of rotatable bonds is 34. The maximum absolute atomic E-state index is 15.3. The largest absolute Gasteiger partial charge is 0.494 e. The first-order valence-electron chi connectivity index (χ1n) is 30.9. The molecule has 1 N–H and O–H groups in total. The quantitative estimate of drug-likeness (QED) is 0.0301. The molecule has 0 spiro atoms. The molecule has 0 radical (unpaired) electrons. The molecule has 1 aliphatic rings. The molecule has 1 saturated carbocycles. The van der Waals surface area contributed by atoms with Gasteiger partial charge in [0.05, 0.1) is 47.5 Å². The fourth-order valence-corrected chi connectivity index (χ4v) is 11.6. The number of pyridine rings is 4. The molecule has 4 heterocycles. The zero-order chi connectivity index (χ0) is 60.4. The zero-order valence-electron chi connectivity index (χ0n) is 50.6. The molecule has 2 amide bonds. The summed E-state index contributed by atoms with van der Waals surface area (Å²) in [5.41, 5.74) is 8.05. The fraction of sp³-hybridized carbons (Fsp3) is 0.408. The molecule has 0 unspecified atom stereocenters. The summed E-state index contributed by atoms with van der Waals surface area (Å²) >= 11 is 6.40. The topological polar surface area (TPSA) is 160 Å². The van der Waals surface area contributed by atoms with Crippen molar-refractivity contribution in [1.29, 1.82) is 0 Å². The minimum absolute atomic E-state index is 0.0389. The fourth-order valence-electron chi connectivity index (χ4n) is 11.5. The average Bonchev–Trinajstić information content (AvgIpc) is 1.21. The maximum atomic E-state index is 15.3. The van der Waals surface area contributed by atoms with E-state index in [-0.39, 0.29) is 17.6 Å². The Kier molecular flexibility index (Phi) is 25.4. The highest BCUT2D eigenvalue weighted by Crippen LogP contribution is 2.42. The van der Waals surface area contributed by atoms with Crippen LogP contribution in [0.5, 0.6) is 5.75 Å². The molecule has 0 saturated heterocycles. The monoisotopic (exact) mass is 1180 g/mol. The van der Waals surface area contributed by atoms with E-state index in [1.54, 1.807) is 12.1 Å². The molecule has 1 fully saturated rings. The van der Waals surface area contributed by atoms with Crippen LogP contribution in [0.15, 0.2) is 152 Å². The van der Waals surface area contributed by atoms with Gasteiger partial charge in [-0.05, 0) is 146 Å². The number of ether oxygens (including phenoxy) is 2. The van der Waals surface area contributed by atoms with E-state index in [9.17, 15) is 14.4 Å². The SMILES string of the molecule is CCCCCC(=O)Cc1cccc(CN(Cc2cc(CN(Cc3ccccn3)Cc3cccc(NC(=O)CCCCC)n3)cc(OCCCCN(Cc3ccc(C(=O)OC)cc3)C(=O)C3(c4ccc(Cl)cc4)CCCCC3)c2)Cc2ccccn2)n1. The smallest absolute Gasteiger partial charge is 0.337 e. The maximum Gasteiger partial charge on any atom is 0.337 e. The molecule has 15 heteroatoms. The molecule has 8 rings (SSSR count).